The van der Waals surface area contributed by atoms with E-state index in [-0.39, 0.29) is 18.4 Å². The standard InChI is InChI=1S/C26H27N3O6/c1-14-5-7-19-17(9-14)18-10-15(6-8-20(18)27-19)26(30)34-13-23-28-29-25(35-23)16-11-21(31-2)24(33-4)22(12-16)32-3/h6,8,10-12,14,27H,5,7,9,13H2,1-4H3. The average Bonchev–Trinajstić information content (AvgIpc) is 3.50. The Hall–Kier alpha value is -4.01. The molecule has 0 fully saturated rings. The number of esters is 1. The molecule has 1 aliphatic carbocycles. The van der Waals surface area contributed by atoms with Gasteiger partial charge in [-0.1, -0.05) is 6.92 Å². The van der Waals surface area contributed by atoms with Crippen LogP contribution in [-0.2, 0) is 24.2 Å². The van der Waals surface area contributed by atoms with Gasteiger partial charge in [0.1, 0.15) is 0 Å². The number of rotatable bonds is 7. The molecule has 0 saturated carbocycles. The number of hydrogen-bond donors (Lipinski definition) is 1. The summed E-state index contributed by atoms with van der Waals surface area (Å²) in [4.78, 5) is 16.3. The topological polar surface area (TPSA) is 109 Å². The zero-order valence-corrected chi connectivity index (χ0v) is 20.1. The Kier molecular flexibility index (Phi) is 6.07. The number of fused-ring (bicyclic) bond motifs is 3. The summed E-state index contributed by atoms with van der Waals surface area (Å²) < 4.78 is 27.3. The number of aromatic nitrogens is 3. The largest absolute Gasteiger partial charge is 0.493 e. The van der Waals surface area contributed by atoms with Crippen molar-refractivity contribution in [1.82, 2.24) is 15.2 Å². The Balaban J connectivity index is 1.32. The van der Waals surface area contributed by atoms with Crippen molar-refractivity contribution < 1.29 is 28.2 Å². The van der Waals surface area contributed by atoms with Crippen LogP contribution in [0.25, 0.3) is 22.4 Å². The summed E-state index contributed by atoms with van der Waals surface area (Å²) in [6.07, 6.45) is 3.23. The van der Waals surface area contributed by atoms with Gasteiger partial charge >= 0.3 is 5.97 Å². The van der Waals surface area contributed by atoms with Crippen LogP contribution in [0.4, 0.5) is 0 Å². The van der Waals surface area contributed by atoms with Crippen molar-refractivity contribution in [2.45, 2.75) is 32.8 Å². The lowest BCUT2D eigenvalue weighted by Crippen LogP contribution is -2.10. The summed E-state index contributed by atoms with van der Waals surface area (Å²) in [5, 5.41) is 9.16. The second-order valence-electron chi connectivity index (χ2n) is 8.68. The molecule has 0 radical (unpaired) electrons. The maximum Gasteiger partial charge on any atom is 0.338 e. The van der Waals surface area contributed by atoms with Crippen molar-refractivity contribution in [2.24, 2.45) is 5.92 Å². The lowest BCUT2D eigenvalue weighted by atomic mass is 9.87. The minimum atomic E-state index is -0.446. The summed E-state index contributed by atoms with van der Waals surface area (Å²) in [6, 6.07) is 9.02. The molecule has 2 aromatic heterocycles. The molecule has 0 aliphatic heterocycles. The van der Waals surface area contributed by atoms with E-state index in [0.29, 0.717) is 34.3 Å². The molecule has 9 heteroatoms. The maximum atomic E-state index is 12.8. The van der Waals surface area contributed by atoms with Crippen LogP contribution >= 0.6 is 0 Å². The van der Waals surface area contributed by atoms with Gasteiger partial charge in [-0.3, -0.25) is 0 Å². The van der Waals surface area contributed by atoms with Crippen molar-refractivity contribution in [1.29, 1.82) is 0 Å². The van der Waals surface area contributed by atoms with Crippen molar-refractivity contribution >= 4 is 16.9 Å². The van der Waals surface area contributed by atoms with Crippen LogP contribution in [0, 0.1) is 5.92 Å². The zero-order valence-electron chi connectivity index (χ0n) is 20.1. The first-order chi connectivity index (χ1) is 17.0. The van der Waals surface area contributed by atoms with E-state index in [1.165, 1.54) is 39.0 Å². The van der Waals surface area contributed by atoms with Gasteiger partial charge in [-0.15, -0.1) is 10.2 Å². The summed E-state index contributed by atoms with van der Waals surface area (Å²) in [5.74, 6) is 1.99. The van der Waals surface area contributed by atoms with E-state index < -0.39 is 5.97 Å². The van der Waals surface area contributed by atoms with Gasteiger partial charge in [0.25, 0.3) is 5.89 Å². The van der Waals surface area contributed by atoms with Gasteiger partial charge in [0, 0.05) is 22.2 Å². The van der Waals surface area contributed by atoms with Gasteiger partial charge in [0.15, 0.2) is 18.1 Å². The minimum Gasteiger partial charge on any atom is -0.493 e. The highest BCUT2D eigenvalue weighted by Gasteiger charge is 2.22. The highest BCUT2D eigenvalue weighted by Crippen LogP contribution is 2.41. The van der Waals surface area contributed by atoms with Crippen molar-refractivity contribution in [2.75, 3.05) is 21.3 Å². The molecule has 35 heavy (non-hydrogen) atoms. The van der Waals surface area contributed by atoms with Crippen LogP contribution in [0.1, 0.15) is 40.9 Å². The summed E-state index contributed by atoms with van der Waals surface area (Å²) in [7, 11) is 4.59. The van der Waals surface area contributed by atoms with Gasteiger partial charge in [0.05, 0.1) is 26.9 Å². The third-order valence-corrected chi connectivity index (χ3v) is 6.38. The second kappa shape index (κ2) is 9.32. The molecule has 2 heterocycles. The van der Waals surface area contributed by atoms with E-state index in [2.05, 4.69) is 22.1 Å². The number of methoxy groups -OCH3 is 3. The Morgan fingerprint density at radius 1 is 1.09 bits per heavy atom. The molecule has 1 unspecified atom stereocenters. The summed E-state index contributed by atoms with van der Waals surface area (Å²) in [6.45, 7) is 2.12. The Labute approximate surface area is 202 Å². The Morgan fingerprint density at radius 3 is 2.57 bits per heavy atom. The second-order valence-corrected chi connectivity index (χ2v) is 8.68. The van der Waals surface area contributed by atoms with Crippen LogP contribution < -0.4 is 14.2 Å². The molecule has 9 nitrogen and oxygen atoms in total. The van der Waals surface area contributed by atoms with E-state index in [4.69, 9.17) is 23.4 Å². The predicted molar refractivity (Wildman–Crippen MR) is 128 cm³/mol. The normalized spacial score (nSPS) is 15.0. The molecule has 0 bridgehead atoms. The van der Waals surface area contributed by atoms with Gasteiger partial charge in [-0.2, -0.15) is 0 Å². The van der Waals surface area contributed by atoms with E-state index in [9.17, 15) is 4.79 Å². The number of carbonyl (C=O) groups is 1. The highest BCUT2D eigenvalue weighted by atomic mass is 16.5. The highest BCUT2D eigenvalue weighted by molar-refractivity contribution is 5.96. The fraction of sp³-hybridized carbons (Fsp3) is 0.346. The lowest BCUT2D eigenvalue weighted by Gasteiger charge is -2.18. The molecule has 0 amide bonds. The van der Waals surface area contributed by atoms with Crippen LogP contribution in [0.15, 0.2) is 34.7 Å². The van der Waals surface area contributed by atoms with Gasteiger partial charge in [0.2, 0.25) is 11.6 Å². The molecule has 2 aromatic carbocycles. The van der Waals surface area contributed by atoms with Crippen LogP contribution in [0.2, 0.25) is 0 Å². The Bertz CT molecular complexity index is 1360. The quantitative estimate of drug-likeness (QED) is 0.381. The Morgan fingerprint density at radius 2 is 1.86 bits per heavy atom. The summed E-state index contributed by atoms with van der Waals surface area (Å²) >= 11 is 0. The molecule has 0 spiro atoms. The number of aryl methyl sites for hydroxylation is 1. The zero-order chi connectivity index (χ0) is 24.5. The number of carbonyl (C=O) groups excluding carboxylic acids is 1. The SMILES string of the molecule is COc1cc(-c2nnc(COC(=O)c3ccc4[nH]c5c(c4c3)CC(C)CC5)o2)cc(OC)c1OC. The lowest BCUT2D eigenvalue weighted by molar-refractivity contribution is 0.0439. The monoisotopic (exact) mass is 477 g/mol. The van der Waals surface area contributed by atoms with E-state index >= 15 is 0 Å². The number of nitrogens with one attached hydrogen (secondary N) is 1. The van der Waals surface area contributed by atoms with E-state index in [0.717, 1.165) is 23.7 Å². The van der Waals surface area contributed by atoms with Gasteiger partial charge < -0.3 is 28.3 Å². The van der Waals surface area contributed by atoms with Gasteiger partial charge in [-0.25, -0.2) is 4.79 Å². The minimum absolute atomic E-state index is 0.142. The molecule has 1 aliphatic rings. The van der Waals surface area contributed by atoms with Crippen LogP contribution in [0.5, 0.6) is 17.2 Å². The van der Waals surface area contributed by atoms with Gasteiger partial charge in [-0.05, 0) is 61.1 Å². The first-order valence-electron chi connectivity index (χ1n) is 11.4. The molecule has 4 aromatic rings. The number of benzene rings is 2. The fourth-order valence-electron chi connectivity index (χ4n) is 4.56. The van der Waals surface area contributed by atoms with Crippen molar-refractivity contribution in [3.63, 3.8) is 0 Å². The van der Waals surface area contributed by atoms with Crippen LogP contribution in [-0.4, -0.2) is 42.5 Å². The molecule has 182 valence electrons. The van der Waals surface area contributed by atoms with E-state index in [1.54, 1.807) is 18.2 Å². The molecule has 0 saturated heterocycles. The fourth-order valence-corrected chi connectivity index (χ4v) is 4.56. The smallest absolute Gasteiger partial charge is 0.338 e. The number of H-pyrrole nitrogens is 1. The summed E-state index contributed by atoms with van der Waals surface area (Å²) in [5.41, 5.74) is 4.70. The first-order valence-corrected chi connectivity index (χ1v) is 11.4. The number of nitrogens with zero attached hydrogens (tertiary/aromatic N) is 2. The number of aromatic amines is 1. The first kappa shape index (κ1) is 22.8. The van der Waals surface area contributed by atoms with Crippen LogP contribution in [0.3, 0.4) is 0 Å². The molecular weight excluding hydrogens is 450 g/mol. The number of ether oxygens (including phenoxy) is 4. The number of hydrogen-bond acceptors (Lipinski definition) is 8. The molecule has 5 rings (SSSR count). The van der Waals surface area contributed by atoms with Crippen molar-refractivity contribution in [3.8, 4) is 28.7 Å². The third-order valence-electron chi connectivity index (χ3n) is 6.38. The van der Waals surface area contributed by atoms with Crippen molar-refractivity contribution in [3.05, 3.63) is 53.0 Å². The van der Waals surface area contributed by atoms with E-state index in [1.807, 2.05) is 12.1 Å². The third kappa shape index (κ3) is 4.29. The molecule has 1 atom stereocenters. The maximum absolute atomic E-state index is 12.8. The average molecular weight is 478 g/mol. The predicted octanol–water partition coefficient (Wildman–Crippen LogP) is 4.73. The molecular formula is C26H27N3O6. The molecule has 1 N–H and O–H groups in total.